The molecule has 38 heavy (non-hydrogen) atoms. The highest BCUT2D eigenvalue weighted by molar-refractivity contribution is 6.07. The average molecular weight is 503 g/mol. The lowest BCUT2D eigenvalue weighted by Crippen LogP contribution is -2.54. The number of fused-ring (bicyclic) bond motifs is 7. The Morgan fingerprint density at radius 3 is 2.29 bits per heavy atom. The molecule has 0 aliphatic carbocycles. The van der Waals surface area contributed by atoms with E-state index in [0.717, 1.165) is 41.7 Å². The predicted octanol–water partition coefficient (Wildman–Crippen LogP) is 7.17. The number of piperidine rings is 3. The Kier molecular flexibility index (Phi) is 6.84. The molecule has 4 heterocycles. The first kappa shape index (κ1) is 24.6. The van der Waals surface area contributed by atoms with Gasteiger partial charge < -0.3 is 9.84 Å². The molecule has 1 aromatic heterocycles. The highest BCUT2D eigenvalue weighted by Crippen LogP contribution is 2.42. The molecule has 4 nitrogen and oxygen atoms in total. The van der Waals surface area contributed by atoms with Crippen molar-refractivity contribution in [2.75, 3.05) is 20.2 Å². The Bertz CT molecular complexity index is 1540. The fourth-order valence-corrected chi connectivity index (χ4v) is 6.40. The lowest BCUT2D eigenvalue weighted by atomic mass is 9.73. The lowest BCUT2D eigenvalue weighted by Gasteiger charge is -2.50. The van der Waals surface area contributed by atoms with Gasteiger partial charge in [0.15, 0.2) is 0 Å². The number of aliphatic hydroxyl groups excluding tert-OH is 1. The zero-order chi connectivity index (χ0) is 26.1. The zero-order valence-electron chi connectivity index (χ0n) is 21.8. The summed E-state index contributed by atoms with van der Waals surface area (Å²) in [5, 5.41) is 17.4. The first-order chi connectivity index (χ1) is 18.7. The second-order valence-electron chi connectivity index (χ2n) is 10.5. The SMILES string of the molecule is C=C[C@H]1C[N@]2CC[C@H]1C[C@H]2[C@H](O)c1ccnc2ccc(OC)cc12.c1ccc2c(c1)ccc1ccccc12. The van der Waals surface area contributed by atoms with Gasteiger partial charge in [0.1, 0.15) is 5.75 Å². The summed E-state index contributed by atoms with van der Waals surface area (Å²) in [5.74, 6) is 2.01. The van der Waals surface area contributed by atoms with E-state index in [1.54, 1.807) is 13.3 Å². The summed E-state index contributed by atoms with van der Waals surface area (Å²) in [6.07, 6.45) is 5.62. The van der Waals surface area contributed by atoms with Crippen molar-refractivity contribution < 1.29 is 9.84 Å². The van der Waals surface area contributed by atoms with Crippen LogP contribution in [0.2, 0.25) is 0 Å². The molecular formula is C34H34N2O2. The van der Waals surface area contributed by atoms with Crippen molar-refractivity contribution >= 4 is 32.4 Å². The largest absolute Gasteiger partial charge is 0.497 e. The minimum absolute atomic E-state index is 0.178. The van der Waals surface area contributed by atoms with Gasteiger partial charge in [0.25, 0.3) is 0 Å². The molecule has 0 radical (unpaired) electrons. The van der Waals surface area contributed by atoms with Crippen molar-refractivity contribution in [3.05, 3.63) is 109 Å². The van der Waals surface area contributed by atoms with Gasteiger partial charge in [-0.25, -0.2) is 0 Å². The third-order valence-electron chi connectivity index (χ3n) is 8.47. The molecule has 3 saturated heterocycles. The molecule has 0 amide bonds. The molecule has 5 aromatic rings. The number of benzene rings is 4. The molecule has 0 spiro atoms. The fraction of sp³-hybridized carbons (Fsp3) is 0.265. The van der Waals surface area contributed by atoms with Crippen molar-refractivity contribution in [2.45, 2.75) is 25.0 Å². The Morgan fingerprint density at radius 1 is 0.947 bits per heavy atom. The molecule has 5 atom stereocenters. The second-order valence-corrected chi connectivity index (χ2v) is 10.5. The summed E-state index contributed by atoms with van der Waals surface area (Å²) in [6, 6.07) is 29.3. The van der Waals surface area contributed by atoms with Gasteiger partial charge in [0.05, 0.1) is 18.7 Å². The summed E-state index contributed by atoms with van der Waals surface area (Å²) in [7, 11) is 1.66. The van der Waals surface area contributed by atoms with E-state index in [1.165, 1.54) is 28.0 Å². The number of pyridine rings is 1. The number of nitrogens with zero attached hydrogens (tertiary/aromatic N) is 2. The van der Waals surface area contributed by atoms with Crippen molar-refractivity contribution in [1.82, 2.24) is 9.88 Å². The van der Waals surface area contributed by atoms with Gasteiger partial charge in [-0.1, -0.05) is 66.7 Å². The van der Waals surface area contributed by atoms with Gasteiger partial charge >= 0.3 is 0 Å². The predicted molar refractivity (Wildman–Crippen MR) is 156 cm³/mol. The number of ether oxygens (including phenoxy) is 1. The van der Waals surface area contributed by atoms with E-state index < -0.39 is 6.10 Å². The first-order valence-electron chi connectivity index (χ1n) is 13.5. The van der Waals surface area contributed by atoms with Crippen LogP contribution in [0.25, 0.3) is 32.4 Å². The van der Waals surface area contributed by atoms with Crippen LogP contribution in [0.4, 0.5) is 0 Å². The molecule has 2 bridgehead atoms. The van der Waals surface area contributed by atoms with Crippen LogP contribution in [0.5, 0.6) is 5.75 Å². The van der Waals surface area contributed by atoms with E-state index >= 15 is 0 Å². The third kappa shape index (κ3) is 4.55. The highest BCUT2D eigenvalue weighted by Gasteiger charge is 2.42. The number of aromatic nitrogens is 1. The van der Waals surface area contributed by atoms with Gasteiger partial charge in [-0.2, -0.15) is 0 Å². The molecule has 1 N–H and O–H groups in total. The maximum atomic E-state index is 11.2. The van der Waals surface area contributed by atoms with Crippen molar-refractivity contribution in [3.8, 4) is 5.75 Å². The molecule has 0 saturated carbocycles. The van der Waals surface area contributed by atoms with Crippen LogP contribution in [0.3, 0.4) is 0 Å². The van der Waals surface area contributed by atoms with Crippen LogP contribution < -0.4 is 4.74 Å². The van der Waals surface area contributed by atoms with E-state index in [-0.39, 0.29) is 6.04 Å². The van der Waals surface area contributed by atoms with Gasteiger partial charge in [-0.05, 0) is 82.6 Å². The average Bonchev–Trinajstić information content (AvgIpc) is 3.00. The number of methoxy groups -OCH3 is 1. The maximum Gasteiger partial charge on any atom is 0.119 e. The van der Waals surface area contributed by atoms with Gasteiger partial charge in [0.2, 0.25) is 0 Å². The Hall–Kier alpha value is -3.73. The molecular weight excluding hydrogens is 468 g/mol. The van der Waals surface area contributed by atoms with Crippen LogP contribution in [0, 0.1) is 11.8 Å². The first-order valence-corrected chi connectivity index (χ1v) is 13.5. The summed E-state index contributed by atoms with van der Waals surface area (Å²) < 4.78 is 5.35. The molecule has 192 valence electrons. The van der Waals surface area contributed by atoms with E-state index in [4.69, 9.17) is 4.74 Å². The van der Waals surface area contributed by atoms with Crippen LogP contribution >= 0.6 is 0 Å². The Balaban J connectivity index is 0.000000159. The highest BCUT2D eigenvalue weighted by atomic mass is 16.5. The van der Waals surface area contributed by atoms with Crippen molar-refractivity contribution in [1.29, 1.82) is 0 Å². The van der Waals surface area contributed by atoms with Crippen LogP contribution in [-0.2, 0) is 0 Å². The molecule has 4 heteroatoms. The van der Waals surface area contributed by atoms with E-state index in [1.807, 2.05) is 24.3 Å². The summed E-state index contributed by atoms with van der Waals surface area (Å²) in [4.78, 5) is 6.86. The molecule has 0 unspecified atom stereocenters. The van der Waals surface area contributed by atoms with Crippen LogP contribution in [0.15, 0.2) is 104 Å². The van der Waals surface area contributed by atoms with E-state index in [2.05, 4.69) is 83.2 Å². The number of rotatable bonds is 4. The third-order valence-corrected chi connectivity index (χ3v) is 8.47. The maximum absolute atomic E-state index is 11.2. The minimum atomic E-state index is -0.504. The van der Waals surface area contributed by atoms with Crippen LogP contribution in [0.1, 0.15) is 24.5 Å². The molecule has 4 aromatic carbocycles. The number of aliphatic hydroxyl groups is 1. The zero-order valence-corrected chi connectivity index (χ0v) is 21.8. The number of hydrogen-bond acceptors (Lipinski definition) is 4. The van der Waals surface area contributed by atoms with Gasteiger partial charge in [0, 0.05) is 24.2 Å². The minimum Gasteiger partial charge on any atom is -0.497 e. The normalized spacial score (nSPS) is 23.1. The van der Waals surface area contributed by atoms with Gasteiger partial charge in [-0.3, -0.25) is 9.88 Å². The summed E-state index contributed by atoms with van der Waals surface area (Å²) in [6.45, 7) is 6.07. The lowest BCUT2D eigenvalue weighted by molar-refractivity contribution is -0.0444. The standard InChI is InChI=1S/C20H24N2O2.C14H10/c1-3-13-12-22-9-7-14(13)10-19(22)20(23)16-6-8-21-18-5-4-15(24-2)11-17(16)18;1-3-7-13-11(5-1)9-10-12-6-2-4-8-14(12)13/h3-6,8,11,13-14,19-20,23H,1,7,9-10,12H2,2H3;1-10H/t13-,14-,19-,20+;/m0./s1. The molecule has 3 aliphatic heterocycles. The number of hydrogen-bond donors (Lipinski definition) is 1. The van der Waals surface area contributed by atoms with E-state index in [0.29, 0.717) is 11.8 Å². The molecule has 3 aliphatic rings. The molecule has 8 rings (SSSR count). The Morgan fingerprint density at radius 2 is 1.66 bits per heavy atom. The van der Waals surface area contributed by atoms with Crippen molar-refractivity contribution in [3.63, 3.8) is 0 Å². The van der Waals surface area contributed by atoms with E-state index in [9.17, 15) is 5.11 Å². The quantitative estimate of drug-likeness (QED) is 0.209. The van der Waals surface area contributed by atoms with Gasteiger partial charge in [-0.15, -0.1) is 6.58 Å². The van der Waals surface area contributed by atoms with Crippen molar-refractivity contribution in [2.24, 2.45) is 11.8 Å². The monoisotopic (exact) mass is 502 g/mol. The second kappa shape index (κ2) is 10.6. The molecule has 3 fully saturated rings. The fourth-order valence-electron chi connectivity index (χ4n) is 6.40. The summed E-state index contributed by atoms with van der Waals surface area (Å²) >= 11 is 0. The smallest absolute Gasteiger partial charge is 0.119 e. The topological polar surface area (TPSA) is 45.6 Å². The summed E-state index contributed by atoms with van der Waals surface area (Å²) in [5.41, 5.74) is 1.85. The Labute approximate surface area is 224 Å². The van der Waals surface area contributed by atoms with Crippen LogP contribution in [-0.4, -0.2) is 41.2 Å².